The predicted octanol–water partition coefficient (Wildman–Crippen LogP) is 5.83. The lowest BCUT2D eigenvalue weighted by atomic mass is 9.75. The molecule has 4 aliphatic rings. The van der Waals surface area contributed by atoms with Crippen LogP contribution in [0.1, 0.15) is 94.3 Å². The molecule has 0 radical (unpaired) electrons. The molecule has 1 unspecified atom stereocenters. The van der Waals surface area contributed by atoms with Crippen LogP contribution in [0.4, 0.5) is 19.3 Å². The smallest absolute Gasteiger partial charge is 0.410 e. The molecular weight excluding hydrogens is 514 g/mol. The van der Waals surface area contributed by atoms with Gasteiger partial charge < -0.3 is 20.3 Å². The number of ether oxygens (including phenoxy) is 1. The molecule has 0 bridgehead atoms. The summed E-state index contributed by atoms with van der Waals surface area (Å²) in [6.45, 7) is 6.50. The second-order valence-electron chi connectivity index (χ2n) is 12.6. The lowest BCUT2D eigenvalue weighted by molar-refractivity contribution is -0.127. The van der Waals surface area contributed by atoms with Crippen molar-refractivity contribution in [3.05, 3.63) is 29.3 Å². The van der Waals surface area contributed by atoms with E-state index in [0.29, 0.717) is 31.0 Å². The minimum atomic E-state index is -0.914. The first-order valence-corrected chi connectivity index (χ1v) is 15.6. The second-order valence-corrected chi connectivity index (χ2v) is 12.6. The Kier molecular flexibility index (Phi) is 9.18. The highest BCUT2D eigenvalue weighted by molar-refractivity contribution is 5.95. The van der Waals surface area contributed by atoms with E-state index in [1.165, 1.54) is 32.1 Å². The van der Waals surface area contributed by atoms with E-state index in [-0.39, 0.29) is 17.4 Å². The van der Waals surface area contributed by atoms with Crippen molar-refractivity contribution in [2.45, 2.75) is 95.6 Å². The molecule has 5 rings (SSSR count). The van der Waals surface area contributed by atoms with Gasteiger partial charge in [-0.2, -0.15) is 0 Å². The molecule has 9 heteroatoms. The number of carbonyl (C=O) groups excluding carboxylic acids is 2. The SMILES string of the molecule is CCCCC1CN(CC2CCCCC2)C(=O)OC12CCN(C1CCN(C(=O)c3c(F)cc(N)cc3F)CC1)CC2. The third kappa shape index (κ3) is 6.24. The van der Waals surface area contributed by atoms with E-state index >= 15 is 0 Å². The molecule has 222 valence electrons. The predicted molar refractivity (Wildman–Crippen MR) is 151 cm³/mol. The molecule has 3 aliphatic heterocycles. The third-order valence-electron chi connectivity index (χ3n) is 10.0. The van der Waals surface area contributed by atoms with Gasteiger partial charge in [0.2, 0.25) is 0 Å². The summed E-state index contributed by atoms with van der Waals surface area (Å²) in [5.74, 6) is -1.47. The fourth-order valence-corrected chi connectivity index (χ4v) is 7.63. The summed E-state index contributed by atoms with van der Waals surface area (Å²) in [6, 6.07) is 2.29. The Morgan fingerprint density at radius 3 is 2.30 bits per heavy atom. The highest BCUT2D eigenvalue weighted by atomic mass is 19.1. The van der Waals surface area contributed by atoms with Crippen molar-refractivity contribution in [1.29, 1.82) is 0 Å². The quantitative estimate of drug-likeness (QED) is 0.425. The summed E-state index contributed by atoms with van der Waals surface area (Å²) in [5, 5.41) is 0. The van der Waals surface area contributed by atoms with E-state index in [9.17, 15) is 18.4 Å². The van der Waals surface area contributed by atoms with Crippen LogP contribution in [0.2, 0.25) is 0 Å². The zero-order valence-electron chi connectivity index (χ0n) is 24.0. The number of nitrogen functional groups attached to an aromatic ring is 1. The number of carbonyl (C=O) groups is 2. The molecular formula is C31H46F2N4O3. The van der Waals surface area contributed by atoms with Gasteiger partial charge in [-0.05, 0) is 50.2 Å². The van der Waals surface area contributed by atoms with Crippen molar-refractivity contribution < 1.29 is 23.1 Å². The molecule has 0 aromatic heterocycles. The van der Waals surface area contributed by atoms with Gasteiger partial charge in [0.05, 0.1) is 0 Å². The van der Waals surface area contributed by atoms with Gasteiger partial charge in [0.15, 0.2) is 0 Å². The minimum Gasteiger partial charge on any atom is -0.442 e. The molecule has 1 aromatic carbocycles. The number of piperidine rings is 2. The van der Waals surface area contributed by atoms with Gasteiger partial charge in [0, 0.05) is 69.8 Å². The molecule has 1 saturated carbocycles. The molecule has 1 aliphatic carbocycles. The highest BCUT2D eigenvalue weighted by Gasteiger charge is 2.50. The summed E-state index contributed by atoms with van der Waals surface area (Å²) in [5.41, 5.74) is 4.56. The van der Waals surface area contributed by atoms with Crippen molar-refractivity contribution in [3.8, 4) is 0 Å². The number of anilines is 1. The summed E-state index contributed by atoms with van der Waals surface area (Å²) in [4.78, 5) is 32.1. The number of benzene rings is 1. The molecule has 1 atom stereocenters. The average molecular weight is 561 g/mol. The van der Waals surface area contributed by atoms with Gasteiger partial charge in [-0.15, -0.1) is 0 Å². The molecule has 40 heavy (non-hydrogen) atoms. The second kappa shape index (κ2) is 12.6. The third-order valence-corrected chi connectivity index (χ3v) is 10.0. The van der Waals surface area contributed by atoms with E-state index in [4.69, 9.17) is 10.5 Å². The topological polar surface area (TPSA) is 79.1 Å². The normalized spacial score (nSPS) is 24.9. The molecule has 3 saturated heterocycles. The molecule has 7 nitrogen and oxygen atoms in total. The summed E-state index contributed by atoms with van der Waals surface area (Å²) < 4.78 is 35.0. The first-order chi connectivity index (χ1) is 19.3. The Labute approximate surface area is 237 Å². The first-order valence-electron chi connectivity index (χ1n) is 15.6. The Morgan fingerprint density at radius 2 is 1.68 bits per heavy atom. The van der Waals surface area contributed by atoms with Crippen LogP contribution in [0.15, 0.2) is 12.1 Å². The van der Waals surface area contributed by atoms with Crippen molar-refractivity contribution in [1.82, 2.24) is 14.7 Å². The summed E-state index contributed by atoms with van der Waals surface area (Å²) >= 11 is 0. The largest absolute Gasteiger partial charge is 0.442 e. The van der Waals surface area contributed by atoms with Crippen LogP contribution in [0.3, 0.4) is 0 Å². The fourth-order valence-electron chi connectivity index (χ4n) is 7.63. The van der Waals surface area contributed by atoms with E-state index in [0.717, 1.165) is 83.3 Å². The van der Waals surface area contributed by atoms with E-state index in [1.807, 2.05) is 4.90 Å². The Morgan fingerprint density at radius 1 is 1.02 bits per heavy atom. The van der Waals surface area contributed by atoms with Crippen molar-refractivity contribution in [2.75, 3.05) is 45.0 Å². The van der Waals surface area contributed by atoms with Crippen LogP contribution >= 0.6 is 0 Å². The van der Waals surface area contributed by atoms with Gasteiger partial charge in [0.1, 0.15) is 22.8 Å². The highest BCUT2D eigenvalue weighted by Crippen LogP contribution is 2.42. The number of unbranched alkanes of at least 4 members (excludes halogenated alkanes) is 1. The minimum absolute atomic E-state index is 0.0364. The van der Waals surface area contributed by atoms with Gasteiger partial charge >= 0.3 is 6.09 Å². The molecule has 2 amide bonds. The van der Waals surface area contributed by atoms with Crippen molar-refractivity contribution in [2.24, 2.45) is 11.8 Å². The zero-order chi connectivity index (χ0) is 28.3. The van der Waals surface area contributed by atoms with Gasteiger partial charge in [0.25, 0.3) is 5.91 Å². The van der Waals surface area contributed by atoms with Crippen LogP contribution in [0, 0.1) is 23.5 Å². The number of halogens is 2. The van der Waals surface area contributed by atoms with Crippen molar-refractivity contribution >= 4 is 17.7 Å². The summed E-state index contributed by atoms with van der Waals surface area (Å²) in [7, 11) is 0. The first kappa shape index (κ1) is 29.1. The van der Waals surface area contributed by atoms with Crippen LogP contribution in [0.5, 0.6) is 0 Å². The number of amides is 2. The maximum Gasteiger partial charge on any atom is 0.410 e. The lowest BCUT2D eigenvalue weighted by Crippen LogP contribution is -2.61. The number of nitrogens with two attached hydrogens (primary N) is 1. The summed E-state index contributed by atoms with van der Waals surface area (Å²) in [6.07, 6.45) is 12.7. The average Bonchev–Trinajstić information content (AvgIpc) is 2.94. The van der Waals surface area contributed by atoms with E-state index in [1.54, 1.807) is 4.90 Å². The lowest BCUT2D eigenvalue weighted by Gasteiger charge is -2.52. The molecule has 3 heterocycles. The van der Waals surface area contributed by atoms with Gasteiger partial charge in [-0.1, -0.05) is 39.0 Å². The van der Waals surface area contributed by atoms with E-state index < -0.39 is 23.1 Å². The Hall–Kier alpha value is -2.42. The number of rotatable bonds is 7. The van der Waals surface area contributed by atoms with Crippen LogP contribution < -0.4 is 5.73 Å². The van der Waals surface area contributed by atoms with Crippen LogP contribution in [-0.2, 0) is 4.74 Å². The maximum atomic E-state index is 14.3. The van der Waals surface area contributed by atoms with Crippen LogP contribution in [0.25, 0.3) is 0 Å². The maximum absolute atomic E-state index is 14.3. The number of hydrogen-bond acceptors (Lipinski definition) is 5. The Balaban J connectivity index is 1.16. The number of hydrogen-bond donors (Lipinski definition) is 1. The van der Waals surface area contributed by atoms with Crippen molar-refractivity contribution in [3.63, 3.8) is 0 Å². The Bertz CT molecular complexity index is 1020. The number of nitrogens with zero attached hydrogens (tertiary/aromatic N) is 3. The van der Waals surface area contributed by atoms with Crippen LogP contribution in [-0.4, -0.2) is 77.6 Å². The standard InChI is InChI=1S/C31H46F2N4O3/c1-2-3-9-23-21-37(20-22-7-5-4-6-8-22)30(39)40-31(23)12-16-35(17-13-31)25-10-14-36(15-11-25)29(38)28-26(32)18-24(34)19-27(28)33/h18-19,22-23,25H,2-17,20-21,34H2,1H3. The molecule has 2 N–H and O–H groups in total. The van der Waals surface area contributed by atoms with Gasteiger partial charge in [-0.3, -0.25) is 9.69 Å². The fraction of sp³-hybridized carbons (Fsp3) is 0.742. The monoisotopic (exact) mass is 560 g/mol. The molecule has 1 spiro atoms. The van der Waals surface area contributed by atoms with Gasteiger partial charge in [-0.25, -0.2) is 13.6 Å². The zero-order valence-corrected chi connectivity index (χ0v) is 24.0. The van der Waals surface area contributed by atoms with E-state index in [2.05, 4.69) is 11.8 Å². The number of likely N-dealkylation sites (tertiary alicyclic amines) is 2. The molecule has 1 aromatic rings. The molecule has 4 fully saturated rings.